The van der Waals surface area contributed by atoms with Crippen LogP contribution in [-0.4, -0.2) is 16.9 Å². The number of ether oxygens (including phenoxy) is 1. The molecule has 0 aliphatic carbocycles. The van der Waals surface area contributed by atoms with E-state index >= 15 is 0 Å². The van der Waals surface area contributed by atoms with Crippen LogP contribution < -0.4 is 10.5 Å². The lowest BCUT2D eigenvalue weighted by atomic mass is 10.1. The number of thiophene rings is 1. The number of rotatable bonds is 4. The van der Waals surface area contributed by atoms with Gasteiger partial charge in [0.05, 0.1) is 18.8 Å². The van der Waals surface area contributed by atoms with Crippen LogP contribution in [0.3, 0.4) is 0 Å². The van der Waals surface area contributed by atoms with Gasteiger partial charge in [-0.3, -0.25) is 0 Å². The minimum absolute atomic E-state index is 0.111. The standard InChI is InChI=1S/C11H14BrN3OS/c1-15-11(16-2)6-9(14-15)8(13)5-10-7(12)3-4-17-10/h3-4,6,8H,5,13H2,1-2H3. The summed E-state index contributed by atoms with van der Waals surface area (Å²) in [6.45, 7) is 0. The zero-order valence-corrected chi connectivity index (χ0v) is 12.1. The Morgan fingerprint density at radius 3 is 2.94 bits per heavy atom. The van der Waals surface area contributed by atoms with E-state index in [1.807, 2.05) is 24.6 Å². The number of aromatic nitrogens is 2. The second kappa shape index (κ2) is 5.20. The number of aryl methyl sites for hydroxylation is 1. The molecule has 0 saturated carbocycles. The summed E-state index contributed by atoms with van der Waals surface area (Å²) in [5.41, 5.74) is 7.00. The zero-order chi connectivity index (χ0) is 12.4. The monoisotopic (exact) mass is 315 g/mol. The van der Waals surface area contributed by atoms with Crippen molar-refractivity contribution in [3.8, 4) is 5.88 Å². The zero-order valence-electron chi connectivity index (χ0n) is 9.68. The molecule has 1 unspecified atom stereocenters. The number of nitrogens with zero attached hydrogens (tertiary/aromatic N) is 2. The van der Waals surface area contributed by atoms with E-state index in [0.29, 0.717) is 0 Å². The molecule has 4 nitrogen and oxygen atoms in total. The maximum atomic E-state index is 6.15. The van der Waals surface area contributed by atoms with Crippen LogP contribution in [0.4, 0.5) is 0 Å². The van der Waals surface area contributed by atoms with Crippen LogP contribution >= 0.6 is 27.3 Å². The van der Waals surface area contributed by atoms with E-state index in [-0.39, 0.29) is 6.04 Å². The first-order valence-corrected chi connectivity index (χ1v) is 6.84. The van der Waals surface area contributed by atoms with Gasteiger partial charge in [-0.05, 0) is 27.4 Å². The molecule has 2 aromatic heterocycles. The van der Waals surface area contributed by atoms with Crippen LogP contribution in [0.2, 0.25) is 0 Å². The fourth-order valence-corrected chi connectivity index (χ4v) is 3.19. The first-order chi connectivity index (χ1) is 8.11. The fraction of sp³-hybridized carbons (Fsp3) is 0.364. The Bertz CT molecular complexity index is 509. The van der Waals surface area contributed by atoms with Gasteiger partial charge in [0.15, 0.2) is 0 Å². The highest BCUT2D eigenvalue weighted by Gasteiger charge is 2.15. The molecular weight excluding hydrogens is 302 g/mol. The smallest absolute Gasteiger partial charge is 0.211 e. The van der Waals surface area contributed by atoms with Gasteiger partial charge in [0.1, 0.15) is 0 Å². The number of hydrogen-bond donors (Lipinski definition) is 1. The lowest BCUT2D eigenvalue weighted by molar-refractivity contribution is 0.373. The van der Waals surface area contributed by atoms with Crippen molar-refractivity contribution in [2.75, 3.05) is 7.11 Å². The number of methoxy groups -OCH3 is 1. The molecule has 0 aliphatic rings. The van der Waals surface area contributed by atoms with E-state index in [1.165, 1.54) is 4.88 Å². The first kappa shape index (κ1) is 12.6. The molecule has 0 aliphatic heterocycles. The topological polar surface area (TPSA) is 53.1 Å². The van der Waals surface area contributed by atoms with Crippen molar-refractivity contribution in [2.45, 2.75) is 12.5 Å². The highest BCUT2D eigenvalue weighted by Crippen LogP contribution is 2.27. The maximum absolute atomic E-state index is 6.15. The first-order valence-electron chi connectivity index (χ1n) is 5.17. The molecule has 6 heteroatoms. The molecule has 0 fully saturated rings. The number of nitrogens with two attached hydrogens (primary N) is 1. The molecule has 0 aromatic carbocycles. The molecule has 2 rings (SSSR count). The maximum Gasteiger partial charge on any atom is 0.211 e. The van der Waals surface area contributed by atoms with Gasteiger partial charge in [-0.25, -0.2) is 4.68 Å². The van der Waals surface area contributed by atoms with Crippen molar-refractivity contribution in [1.82, 2.24) is 9.78 Å². The molecular formula is C11H14BrN3OS. The highest BCUT2D eigenvalue weighted by molar-refractivity contribution is 9.10. The van der Waals surface area contributed by atoms with Crippen LogP contribution in [0.1, 0.15) is 16.6 Å². The summed E-state index contributed by atoms with van der Waals surface area (Å²) in [5, 5.41) is 6.39. The van der Waals surface area contributed by atoms with Crippen LogP contribution in [-0.2, 0) is 13.5 Å². The molecule has 17 heavy (non-hydrogen) atoms. The minimum Gasteiger partial charge on any atom is -0.481 e. The van der Waals surface area contributed by atoms with Gasteiger partial charge in [0.25, 0.3) is 0 Å². The molecule has 2 aromatic rings. The second-order valence-electron chi connectivity index (χ2n) is 3.74. The normalized spacial score (nSPS) is 12.7. The van der Waals surface area contributed by atoms with Gasteiger partial charge >= 0.3 is 0 Å². The van der Waals surface area contributed by atoms with Gasteiger partial charge in [0, 0.05) is 28.9 Å². The molecule has 92 valence electrons. The molecule has 1 atom stereocenters. The summed E-state index contributed by atoms with van der Waals surface area (Å²) in [7, 11) is 3.47. The molecule has 2 heterocycles. The highest BCUT2D eigenvalue weighted by atomic mass is 79.9. The third-order valence-electron chi connectivity index (χ3n) is 2.54. The van der Waals surface area contributed by atoms with E-state index in [4.69, 9.17) is 10.5 Å². The molecule has 0 saturated heterocycles. The Labute approximate surface area is 113 Å². The van der Waals surface area contributed by atoms with Crippen molar-refractivity contribution in [3.05, 3.63) is 32.6 Å². The lowest BCUT2D eigenvalue weighted by Crippen LogP contribution is -2.13. The van der Waals surface area contributed by atoms with Crippen molar-refractivity contribution in [2.24, 2.45) is 12.8 Å². The average Bonchev–Trinajstić information content (AvgIpc) is 2.86. The van der Waals surface area contributed by atoms with Gasteiger partial charge in [-0.15, -0.1) is 11.3 Å². The Balaban J connectivity index is 2.14. The summed E-state index contributed by atoms with van der Waals surface area (Å²) in [5.74, 6) is 0.723. The average molecular weight is 316 g/mol. The Kier molecular flexibility index (Phi) is 3.86. The third kappa shape index (κ3) is 2.70. The predicted molar refractivity (Wildman–Crippen MR) is 72.4 cm³/mol. The van der Waals surface area contributed by atoms with Crippen LogP contribution in [0.5, 0.6) is 5.88 Å². The van der Waals surface area contributed by atoms with Gasteiger partial charge < -0.3 is 10.5 Å². The Hall–Kier alpha value is -0.850. The van der Waals surface area contributed by atoms with Gasteiger partial charge in [-0.1, -0.05) is 0 Å². The summed E-state index contributed by atoms with van der Waals surface area (Å²) >= 11 is 5.20. The van der Waals surface area contributed by atoms with Crippen molar-refractivity contribution in [3.63, 3.8) is 0 Å². The lowest BCUT2D eigenvalue weighted by Gasteiger charge is -2.07. The molecule has 0 spiro atoms. The SMILES string of the molecule is COc1cc(C(N)Cc2sccc2Br)nn1C. The third-order valence-corrected chi connectivity index (χ3v) is 4.49. The van der Waals surface area contributed by atoms with Crippen molar-refractivity contribution in [1.29, 1.82) is 0 Å². The minimum atomic E-state index is -0.111. The van der Waals surface area contributed by atoms with Crippen molar-refractivity contribution >= 4 is 27.3 Å². The van der Waals surface area contributed by atoms with E-state index in [1.54, 1.807) is 23.1 Å². The van der Waals surface area contributed by atoms with Gasteiger partial charge in [-0.2, -0.15) is 5.10 Å². The summed E-state index contributed by atoms with van der Waals surface area (Å²) < 4.78 is 7.98. The summed E-state index contributed by atoms with van der Waals surface area (Å²) in [4.78, 5) is 1.24. The van der Waals surface area contributed by atoms with Gasteiger partial charge in [0.2, 0.25) is 5.88 Å². The van der Waals surface area contributed by atoms with Crippen LogP contribution in [0.25, 0.3) is 0 Å². The quantitative estimate of drug-likeness (QED) is 0.943. The molecule has 0 radical (unpaired) electrons. The predicted octanol–water partition coefficient (Wildman–Crippen LogP) is 2.50. The molecule has 2 N–H and O–H groups in total. The summed E-state index contributed by atoms with van der Waals surface area (Å²) in [6, 6.07) is 3.80. The Morgan fingerprint density at radius 2 is 2.41 bits per heavy atom. The van der Waals surface area contributed by atoms with E-state index in [2.05, 4.69) is 21.0 Å². The van der Waals surface area contributed by atoms with Crippen molar-refractivity contribution < 1.29 is 4.74 Å². The molecule has 0 amide bonds. The Morgan fingerprint density at radius 1 is 1.65 bits per heavy atom. The largest absolute Gasteiger partial charge is 0.481 e. The second-order valence-corrected chi connectivity index (χ2v) is 5.59. The van der Waals surface area contributed by atoms with Crippen LogP contribution in [0.15, 0.2) is 22.0 Å². The van der Waals surface area contributed by atoms with E-state index in [9.17, 15) is 0 Å². The molecule has 0 bridgehead atoms. The number of hydrogen-bond acceptors (Lipinski definition) is 4. The number of halogens is 1. The summed E-state index contributed by atoms with van der Waals surface area (Å²) in [6.07, 6.45) is 0.776. The van der Waals surface area contributed by atoms with Crippen LogP contribution in [0, 0.1) is 0 Å². The van der Waals surface area contributed by atoms with E-state index < -0.39 is 0 Å². The van der Waals surface area contributed by atoms with E-state index in [0.717, 1.165) is 22.5 Å². The fourth-order valence-electron chi connectivity index (χ4n) is 1.62.